The van der Waals surface area contributed by atoms with Crippen LogP contribution in [0.5, 0.6) is 0 Å². The van der Waals surface area contributed by atoms with E-state index in [0.29, 0.717) is 5.89 Å². The van der Waals surface area contributed by atoms with Crippen LogP contribution >= 0.6 is 0 Å². The molecule has 0 unspecified atom stereocenters. The quantitative estimate of drug-likeness (QED) is 0.469. The van der Waals surface area contributed by atoms with E-state index in [2.05, 4.69) is 76.4 Å². The Bertz CT molecular complexity index is 925. The van der Waals surface area contributed by atoms with Gasteiger partial charge in [-0.25, -0.2) is 0 Å². The first-order valence-corrected chi connectivity index (χ1v) is 10.1. The van der Waals surface area contributed by atoms with Gasteiger partial charge in [-0.05, 0) is 43.2 Å². The van der Waals surface area contributed by atoms with Crippen LogP contribution in [-0.4, -0.2) is 45.7 Å². The SMILES string of the molecule is CCNC(=NCCc1ccc(-c2nc(CC)no2)cc1)N(C)Cc1cccn1C. The number of aryl methyl sites for hydroxylation is 2. The van der Waals surface area contributed by atoms with Crippen molar-refractivity contribution >= 4 is 5.96 Å². The third-order valence-corrected chi connectivity index (χ3v) is 4.79. The lowest BCUT2D eigenvalue weighted by Crippen LogP contribution is -2.39. The Kier molecular flexibility index (Phi) is 7.05. The molecular weight excluding hydrogens is 364 g/mol. The summed E-state index contributed by atoms with van der Waals surface area (Å²) in [6.07, 6.45) is 3.71. The second-order valence-corrected chi connectivity index (χ2v) is 7.02. The second-order valence-electron chi connectivity index (χ2n) is 7.02. The van der Waals surface area contributed by atoms with Gasteiger partial charge in [-0.2, -0.15) is 4.98 Å². The number of aromatic nitrogens is 3. The molecule has 0 saturated carbocycles. The largest absolute Gasteiger partial charge is 0.357 e. The van der Waals surface area contributed by atoms with Crippen molar-refractivity contribution in [1.29, 1.82) is 0 Å². The Hall–Kier alpha value is -3.09. The molecular formula is C22H30N6O. The molecule has 2 aromatic heterocycles. The first kappa shape index (κ1) is 20.6. The van der Waals surface area contributed by atoms with Crippen molar-refractivity contribution in [1.82, 2.24) is 24.9 Å². The molecule has 29 heavy (non-hydrogen) atoms. The summed E-state index contributed by atoms with van der Waals surface area (Å²) in [5, 5.41) is 7.33. The number of hydrogen-bond donors (Lipinski definition) is 1. The molecule has 1 aromatic carbocycles. The van der Waals surface area contributed by atoms with Gasteiger partial charge in [-0.1, -0.05) is 24.2 Å². The highest BCUT2D eigenvalue weighted by Crippen LogP contribution is 2.18. The number of nitrogens with one attached hydrogen (secondary N) is 1. The molecule has 0 saturated heterocycles. The number of aliphatic imine (C=N–C) groups is 1. The summed E-state index contributed by atoms with van der Waals surface area (Å²) in [4.78, 5) is 11.3. The Labute approximate surface area is 172 Å². The fourth-order valence-electron chi connectivity index (χ4n) is 3.07. The van der Waals surface area contributed by atoms with Gasteiger partial charge >= 0.3 is 0 Å². The third-order valence-electron chi connectivity index (χ3n) is 4.79. The maximum absolute atomic E-state index is 5.30. The van der Waals surface area contributed by atoms with Gasteiger partial charge in [0.05, 0.1) is 6.54 Å². The van der Waals surface area contributed by atoms with E-state index in [1.165, 1.54) is 11.3 Å². The van der Waals surface area contributed by atoms with Crippen LogP contribution in [0.1, 0.15) is 30.9 Å². The maximum atomic E-state index is 5.30. The molecule has 0 spiro atoms. The van der Waals surface area contributed by atoms with Gasteiger partial charge in [0.25, 0.3) is 5.89 Å². The molecule has 1 N–H and O–H groups in total. The highest BCUT2D eigenvalue weighted by molar-refractivity contribution is 5.79. The number of benzene rings is 1. The van der Waals surface area contributed by atoms with E-state index in [-0.39, 0.29) is 0 Å². The van der Waals surface area contributed by atoms with Gasteiger partial charge in [-0.15, -0.1) is 0 Å². The lowest BCUT2D eigenvalue weighted by Gasteiger charge is -2.22. The predicted octanol–water partition coefficient (Wildman–Crippen LogP) is 3.28. The van der Waals surface area contributed by atoms with Crippen LogP contribution in [0.2, 0.25) is 0 Å². The van der Waals surface area contributed by atoms with Crippen LogP contribution in [0.15, 0.2) is 52.1 Å². The Morgan fingerprint density at radius 3 is 2.62 bits per heavy atom. The normalized spacial score (nSPS) is 11.7. The number of rotatable bonds is 8. The van der Waals surface area contributed by atoms with Gasteiger partial charge in [0.1, 0.15) is 0 Å². The predicted molar refractivity (Wildman–Crippen MR) is 116 cm³/mol. The van der Waals surface area contributed by atoms with Crippen LogP contribution in [0.3, 0.4) is 0 Å². The van der Waals surface area contributed by atoms with Crippen molar-refractivity contribution in [3.63, 3.8) is 0 Å². The van der Waals surface area contributed by atoms with Crippen molar-refractivity contribution < 1.29 is 4.52 Å². The van der Waals surface area contributed by atoms with Crippen LogP contribution in [0, 0.1) is 0 Å². The van der Waals surface area contributed by atoms with Crippen molar-refractivity contribution in [2.24, 2.45) is 12.0 Å². The fourth-order valence-corrected chi connectivity index (χ4v) is 3.07. The molecule has 2 heterocycles. The van der Waals surface area contributed by atoms with E-state index in [1.807, 2.05) is 19.1 Å². The summed E-state index contributed by atoms with van der Waals surface area (Å²) in [6, 6.07) is 12.4. The monoisotopic (exact) mass is 394 g/mol. The topological polar surface area (TPSA) is 71.5 Å². The van der Waals surface area contributed by atoms with Gasteiger partial charge in [0.2, 0.25) is 0 Å². The summed E-state index contributed by atoms with van der Waals surface area (Å²) in [5.74, 6) is 2.22. The molecule has 0 amide bonds. The number of hydrogen-bond acceptors (Lipinski definition) is 4. The van der Waals surface area contributed by atoms with Crippen molar-refractivity contribution in [2.45, 2.75) is 33.2 Å². The fraction of sp³-hybridized carbons (Fsp3) is 0.409. The lowest BCUT2D eigenvalue weighted by molar-refractivity contribution is 0.423. The summed E-state index contributed by atoms with van der Waals surface area (Å²) >= 11 is 0. The molecule has 7 heteroatoms. The molecule has 154 valence electrons. The Balaban J connectivity index is 1.59. The summed E-state index contributed by atoms with van der Waals surface area (Å²) in [7, 11) is 4.13. The minimum atomic E-state index is 0.572. The molecule has 0 aliphatic heterocycles. The van der Waals surface area contributed by atoms with Crippen molar-refractivity contribution in [2.75, 3.05) is 20.1 Å². The standard InChI is InChI=1S/C22H30N6O/c1-5-20-25-21(29-26-20)18-11-9-17(10-12-18)13-14-24-22(23-6-2)28(4)16-19-8-7-15-27(19)3/h7-12,15H,5-6,13-14,16H2,1-4H3,(H,23,24). The van der Waals surface area contributed by atoms with Crippen LogP contribution in [0.4, 0.5) is 0 Å². The zero-order valence-corrected chi connectivity index (χ0v) is 17.7. The van der Waals surface area contributed by atoms with Crippen molar-refractivity contribution in [3.8, 4) is 11.5 Å². The lowest BCUT2D eigenvalue weighted by atomic mass is 10.1. The van der Waals surface area contributed by atoms with E-state index < -0.39 is 0 Å². The summed E-state index contributed by atoms with van der Waals surface area (Å²) < 4.78 is 7.43. The molecule has 0 bridgehead atoms. The van der Waals surface area contributed by atoms with Crippen LogP contribution in [0.25, 0.3) is 11.5 Å². The minimum Gasteiger partial charge on any atom is -0.357 e. The molecule has 3 rings (SSSR count). The van der Waals surface area contributed by atoms with E-state index in [9.17, 15) is 0 Å². The highest BCUT2D eigenvalue weighted by atomic mass is 16.5. The Morgan fingerprint density at radius 1 is 1.21 bits per heavy atom. The molecule has 7 nitrogen and oxygen atoms in total. The minimum absolute atomic E-state index is 0.572. The van der Waals surface area contributed by atoms with Crippen LogP contribution in [-0.2, 0) is 26.4 Å². The van der Waals surface area contributed by atoms with E-state index in [0.717, 1.165) is 49.8 Å². The average Bonchev–Trinajstić information content (AvgIpc) is 3.37. The molecule has 0 fully saturated rings. The van der Waals surface area contributed by atoms with E-state index >= 15 is 0 Å². The van der Waals surface area contributed by atoms with Crippen LogP contribution < -0.4 is 5.32 Å². The average molecular weight is 395 g/mol. The van der Waals surface area contributed by atoms with E-state index in [4.69, 9.17) is 9.52 Å². The summed E-state index contributed by atoms with van der Waals surface area (Å²) in [6.45, 7) is 6.48. The maximum Gasteiger partial charge on any atom is 0.257 e. The third kappa shape index (κ3) is 5.47. The Morgan fingerprint density at radius 2 is 2.00 bits per heavy atom. The molecule has 0 aliphatic carbocycles. The molecule has 0 radical (unpaired) electrons. The first-order valence-electron chi connectivity index (χ1n) is 10.1. The zero-order chi connectivity index (χ0) is 20.6. The zero-order valence-electron chi connectivity index (χ0n) is 17.7. The number of nitrogens with zero attached hydrogens (tertiary/aromatic N) is 5. The van der Waals surface area contributed by atoms with Crippen molar-refractivity contribution in [3.05, 3.63) is 59.7 Å². The highest BCUT2D eigenvalue weighted by Gasteiger charge is 2.09. The number of guanidine groups is 1. The van der Waals surface area contributed by atoms with E-state index in [1.54, 1.807) is 0 Å². The van der Waals surface area contributed by atoms with Gasteiger partial charge in [0, 0.05) is 51.1 Å². The smallest absolute Gasteiger partial charge is 0.257 e. The summed E-state index contributed by atoms with van der Waals surface area (Å²) in [5.41, 5.74) is 3.43. The molecule has 0 atom stereocenters. The first-order chi connectivity index (χ1) is 14.1. The molecule has 3 aromatic rings. The molecule has 0 aliphatic rings. The van der Waals surface area contributed by atoms with Gasteiger partial charge in [-0.3, -0.25) is 4.99 Å². The van der Waals surface area contributed by atoms with Gasteiger partial charge in [0.15, 0.2) is 11.8 Å². The van der Waals surface area contributed by atoms with Gasteiger partial charge < -0.3 is 19.3 Å². The second kappa shape index (κ2) is 9.91.